The molecule has 0 aliphatic heterocycles. The topological polar surface area (TPSA) is 57.8 Å². The first kappa shape index (κ1) is 17.7. The van der Waals surface area contributed by atoms with Gasteiger partial charge in [-0.15, -0.1) is 0 Å². The summed E-state index contributed by atoms with van der Waals surface area (Å²) < 4.78 is 0. The van der Waals surface area contributed by atoms with Crippen LogP contribution < -0.4 is 5.32 Å². The fourth-order valence-corrected chi connectivity index (χ4v) is 3.11. The molecule has 1 heterocycles. The summed E-state index contributed by atoms with van der Waals surface area (Å²) >= 11 is 0. The van der Waals surface area contributed by atoms with E-state index in [0.717, 1.165) is 28.1 Å². The van der Waals surface area contributed by atoms with Gasteiger partial charge in [-0.1, -0.05) is 66.7 Å². The smallest absolute Gasteiger partial charge is 0.251 e. The molecule has 0 aliphatic rings. The molecule has 0 atom stereocenters. The average Bonchev–Trinajstić information content (AvgIpc) is 3.24. The summed E-state index contributed by atoms with van der Waals surface area (Å²) in [5.41, 5.74) is 6.81. The Hall–Kier alpha value is -3.66. The maximum atomic E-state index is 12.4. The maximum absolute atomic E-state index is 12.4. The lowest BCUT2D eigenvalue weighted by Gasteiger charge is -2.08. The van der Waals surface area contributed by atoms with Crippen molar-refractivity contribution in [2.45, 2.75) is 13.5 Å². The second-order valence-corrected chi connectivity index (χ2v) is 6.72. The van der Waals surface area contributed by atoms with Crippen molar-refractivity contribution in [3.8, 4) is 22.5 Å². The molecule has 28 heavy (non-hydrogen) atoms. The van der Waals surface area contributed by atoms with Gasteiger partial charge in [-0.05, 0) is 41.8 Å². The maximum Gasteiger partial charge on any atom is 0.251 e. The minimum absolute atomic E-state index is 0.0793. The van der Waals surface area contributed by atoms with Crippen molar-refractivity contribution in [2.24, 2.45) is 0 Å². The monoisotopic (exact) mass is 367 g/mol. The standard InChI is InChI=1S/C24H21N3O/c1-17-7-5-6-10-21(17)16-25-24(28)20-13-11-19(12-14-20)23-15-22(26-27-23)18-8-3-2-4-9-18/h2-15H,16H2,1H3,(H,25,28)(H,26,27). The Labute approximate surface area is 164 Å². The van der Waals surface area contributed by atoms with Crippen LogP contribution in [0.25, 0.3) is 22.5 Å². The summed E-state index contributed by atoms with van der Waals surface area (Å²) in [4.78, 5) is 12.4. The number of nitrogens with one attached hydrogen (secondary N) is 2. The summed E-state index contributed by atoms with van der Waals surface area (Å²) in [7, 11) is 0. The van der Waals surface area contributed by atoms with Gasteiger partial charge in [0.05, 0.1) is 11.4 Å². The number of H-pyrrole nitrogens is 1. The van der Waals surface area contributed by atoms with Crippen LogP contribution in [0.5, 0.6) is 0 Å². The molecule has 4 aromatic rings. The second kappa shape index (κ2) is 7.92. The number of rotatable bonds is 5. The quantitative estimate of drug-likeness (QED) is 0.522. The highest BCUT2D eigenvalue weighted by Gasteiger charge is 2.09. The minimum atomic E-state index is -0.0793. The van der Waals surface area contributed by atoms with E-state index in [1.165, 1.54) is 5.56 Å². The van der Waals surface area contributed by atoms with Crippen molar-refractivity contribution in [3.05, 3.63) is 102 Å². The van der Waals surface area contributed by atoms with E-state index in [2.05, 4.69) is 15.5 Å². The van der Waals surface area contributed by atoms with Gasteiger partial charge in [0.25, 0.3) is 5.91 Å². The first-order valence-corrected chi connectivity index (χ1v) is 9.25. The van der Waals surface area contributed by atoms with E-state index in [1.54, 1.807) is 0 Å². The highest BCUT2D eigenvalue weighted by molar-refractivity contribution is 5.94. The summed E-state index contributed by atoms with van der Waals surface area (Å²) in [5.74, 6) is -0.0793. The predicted molar refractivity (Wildman–Crippen MR) is 112 cm³/mol. The summed E-state index contributed by atoms with van der Waals surface area (Å²) in [6.45, 7) is 2.57. The molecule has 1 aromatic heterocycles. The summed E-state index contributed by atoms with van der Waals surface area (Å²) in [5, 5.41) is 10.4. The third kappa shape index (κ3) is 3.86. The molecule has 4 rings (SSSR count). The van der Waals surface area contributed by atoms with Gasteiger partial charge in [0.2, 0.25) is 0 Å². The van der Waals surface area contributed by atoms with Crippen LogP contribution in [-0.4, -0.2) is 16.1 Å². The van der Waals surface area contributed by atoms with Gasteiger partial charge in [0, 0.05) is 17.7 Å². The Balaban J connectivity index is 1.44. The van der Waals surface area contributed by atoms with Crippen molar-refractivity contribution in [3.63, 3.8) is 0 Å². The van der Waals surface area contributed by atoms with Gasteiger partial charge in [-0.25, -0.2) is 0 Å². The molecule has 0 fully saturated rings. The van der Waals surface area contributed by atoms with Crippen molar-refractivity contribution in [1.29, 1.82) is 0 Å². The van der Waals surface area contributed by atoms with Gasteiger partial charge in [0.15, 0.2) is 0 Å². The first-order valence-electron chi connectivity index (χ1n) is 9.25. The van der Waals surface area contributed by atoms with E-state index < -0.39 is 0 Å². The zero-order valence-electron chi connectivity index (χ0n) is 15.6. The fraction of sp³-hybridized carbons (Fsp3) is 0.0833. The summed E-state index contributed by atoms with van der Waals surface area (Å²) in [6.07, 6.45) is 0. The Morgan fingerprint density at radius 3 is 2.36 bits per heavy atom. The number of hydrogen-bond donors (Lipinski definition) is 2. The number of carbonyl (C=O) groups excluding carboxylic acids is 1. The Morgan fingerprint density at radius 2 is 1.61 bits per heavy atom. The number of aromatic amines is 1. The van der Waals surface area contributed by atoms with E-state index in [4.69, 9.17) is 0 Å². The van der Waals surface area contributed by atoms with Gasteiger partial charge in [0.1, 0.15) is 0 Å². The molecule has 0 unspecified atom stereocenters. The number of benzene rings is 3. The number of aryl methyl sites for hydroxylation is 1. The van der Waals surface area contributed by atoms with Crippen LogP contribution in [0.4, 0.5) is 0 Å². The lowest BCUT2D eigenvalue weighted by atomic mass is 10.1. The third-order valence-corrected chi connectivity index (χ3v) is 4.81. The van der Waals surface area contributed by atoms with E-state index in [1.807, 2.05) is 91.9 Å². The SMILES string of the molecule is Cc1ccccc1CNC(=O)c1ccc(-c2cc(-c3ccccc3)n[nH]2)cc1. The molecule has 4 nitrogen and oxygen atoms in total. The number of nitrogens with zero attached hydrogens (tertiary/aromatic N) is 1. The molecule has 4 heteroatoms. The predicted octanol–water partition coefficient (Wildman–Crippen LogP) is 4.98. The second-order valence-electron chi connectivity index (χ2n) is 6.72. The van der Waals surface area contributed by atoms with Crippen LogP contribution in [0.3, 0.4) is 0 Å². The normalized spacial score (nSPS) is 10.6. The van der Waals surface area contributed by atoms with E-state index in [9.17, 15) is 4.79 Å². The van der Waals surface area contributed by atoms with Crippen LogP contribution in [0.15, 0.2) is 84.9 Å². The highest BCUT2D eigenvalue weighted by atomic mass is 16.1. The average molecular weight is 367 g/mol. The van der Waals surface area contributed by atoms with Crippen LogP contribution in [0, 0.1) is 6.92 Å². The van der Waals surface area contributed by atoms with Crippen molar-refractivity contribution in [1.82, 2.24) is 15.5 Å². The van der Waals surface area contributed by atoms with Gasteiger partial charge >= 0.3 is 0 Å². The van der Waals surface area contributed by atoms with E-state index in [0.29, 0.717) is 12.1 Å². The first-order chi connectivity index (χ1) is 13.7. The minimum Gasteiger partial charge on any atom is -0.348 e. The van der Waals surface area contributed by atoms with Gasteiger partial charge < -0.3 is 5.32 Å². The Kier molecular flexibility index (Phi) is 5.02. The molecule has 2 N–H and O–H groups in total. The van der Waals surface area contributed by atoms with Crippen molar-refractivity contribution in [2.75, 3.05) is 0 Å². The molecule has 138 valence electrons. The molecule has 1 amide bonds. The molecular weight excluding hydrogens is 346 g/mol. The molecule has 0 saturated carbocycles. The Morgan fingerprint density at radius 1 is 0.893 bits per heavy atom. The molecule has 0 saturated heterocycles. The molecule has 0 spiro atoms. The van der Waals surface area contributed by atoms with Crippen LogP contribution >= 0.6 is 0 Å². The fourth-order valence-electron chi connectivity index (χ4n) is 3.11. The van der Waals surface area contributed by atoms with E-state index >= 15 is 0 Å². The number of carbonyl (C=O) groups is 1. The zero-order valence-corrected chi connectivity index (χ0v) is 15.6. The van der Waals surface area contributed by atoms with Crippen LogP contribution in [0.1, 0.15) is 21.5 Å². The van der Waals surface area contributed by atoms with Gasteiger partial charge in [-0.3, -0.25) is 9.89 Å². The largest absolute Gasteiger partial charge is 0.348 e. The van der Waals surface area contributed by atoms with Crippen molar-refractivity contribution >= 4 is 5.91 Å². The van der Waals surface area contributed by atoms with Crippen LogP contribution in [0.2, 0.25) is 0 Å². The number of aromatic nitrogens is 2. The molecular formula is C24H21N3O. The highest BCUT2D eigenvalue weighted by Crippen LogP contribution is 2.24. The Bertz CT molecular complexity index is 1080. The van der Waals surface area contributed by atoms with Gasteiger partial charge in [-0.2, -0.15) is 5.10 Å². The van der Waals surface area contributed by atoms with Crippen LogP contribution in [-0.2, 0) is 6.54 Å². The number of hydrogen-bond acceptors (Lipinski definition) is 2. The molecule has 0 aliphatic carbocycles. The number of amides is 1. The van der Waals surface area contributed by atoms with Crippen molar-refractivity contribution < 1.29 is 4.79 Å². The molecule has 0 bridgehead atoms. The molecule has 3 aromatic carbocycles. The van der Waals surface area contributed by atoms with E-state index in [-0.39, 0.29) is 5.91 Å². The lowest BCUT2D eigenvalue weighted by molar-refractivity contribution is 0.0951. The zero-order chi connectivity index (χ0) is 19.3. The lowest BCUT2D eigenvalue weighted by Crippen LogP contribution is -2.23. The summed E-state index contributed by atoms with van der Waals surface area (Å²) in [6, 6.07) is 27.7. The molecule has 0 radical (unpaired) electrons. The third-order valence-electron chi connectivity index (χ3n) is 4.81.